The first-order chi connectivity index (χ1) is 12.7. The number of rotatable bonds is 2. The molecule has 3 rings (SSSR count). The summed E-state index contributed by atoms with van der Waals surface area (Å²) in [6, 6.07) is 8.87. The molecule has 2 aliphatic heterocycles. The van der Waals surface area contributed by atoms with Gasteiger partial charge in [-0.15, -0.1) is 0 Å². The summed E-state index contributed by atoms with van der Waals surface area (Å²) in [4.78, 5) is 19.6. The second-order valence-electron chi connectivity index (χ2n) is 9.22. The third kappa shape index (κ3) is 5.16. The number of benzene rings is 1. The number of nitrogens with zero attached hydrogens (tertiary/aromatic N) is 3. The molecular formula is C22H35N3O2. The Hall–Kier alpha value is -1.75. The van der Waals surface area contributed by atoms with E-state index in [-0.39, 0.29) is 12.1 Å². The highest BCUT2D eigenvalue weighted by molar-refractivity contribution is 5.69. The Bertz CT molecular complexity index is 647. The zero-order valence-electron chi connectivity index (χ0n) is 17.6. The van der Waals surface area contributed by atoms with Crippen molar-refractivity contribution in [2.75, 3.05) is 44.7 Å². The minimum Gasteiger partial charge on any atom is -0.444 e. The van der Waals surface area contributed by atoms with E-state index in [1.807, 2.05) is 25.7 Å². The third-order valence-electron chi connectivity index (χ3n) is 5.57. The molecule has 0 aromatic heterocycles. The van der Waals surface area contributed by atoms with Crippen molar-refractivity contribution in [2.24, 2.45) is 5.92 Å². The number of piperidine rings is 1. The highest BCUT2D eigenvalue weighted by atomic mass is 16.6. The second-order valence-corrected chi connectivity index (χ2v) is 9.22. The maximum absolute atomic E-state index is 12.9. The van der Waals surface area contributed by atoms with Crippen LogP contribution in [0.25, 0.3) is 0 Å². The van der Waals surface area contributed by atoms with Crippen molar-refractivity contribution < 1.29 is 9.53 Å². The zero-order valence-corrected chi connectivity index (χ0v) is 17.6. The zero-order chi connectivity index (χ0) is 19.6. The first-order valence-electron chi connectivity index (χ1n) is 10.3. The molecule has 2 saturated heterocycles. The third-order valence-corrected chi connectivity index (χ3v) is 5.57. The fourth-order valence-corrected chi connectivity index (χ4v) is 4.01. The van der Waals surface area contributed by atoms with Crippen LogP contribution < -0.4 is 4.90 Å². The summed E-state index contributed by atoms with van der Waals surface area (Å²) in [5.41, 5.74) is 2.02. The summed E-state index contributed by atoms with van der Waals surface area (Å²) in [6.07, 6.45) is 1.94. The number of amides is 1. The summed E-state index contributed by atoms with van der Waals surface area (Å²) in [5, 5.41) is 0. The Labute approximate surface area is 164 Å². The lowest BCUT2D eigenvalue weighted by Gasteiger charge is -2.40. The van der Waals surface area contributed by atoms with E-state index in [1.54, 1.807) is 0 Å². The molecule has 0 spiro atoms. The molecule has 2 fully saturated rings. The van der Waals surface area contributed by atoms with E-state index >= 15 is 0 Å². The van der Waals surface area contributed by atoms with Gasteiger partial charge in [-0.1, -0.05) is 19.1 Å². The molecule has 5 nitrogen and oxygen atoms in total. The maximum atomic E-state index is 12.9. The van der Waals surface area contributed by atoms with E-state index < -0.39 is 5.60 Å². The van der Waals surface area contributed by atoms with Crippen molar-refractivity contribution in [3.8, 4) is 0 Å². The summed E-state index contributed by atoms with van der Waals surface area (Å²) in [6.45, 7) is 13.1. The van der Waals surface area contributed by atoms with Gasteiger partial charge in [0.25, 0.3) is 0 Å². The van der Waals surface area contributed by atoms with E-state index in [9.17, 15) is 4.79 Å². The van der Waals surface area contributed by atoms with Crippen LogP contribution in [0.4, 0.5) is 10.5 Å². The SMILES string of the molecule is C[C@H]1CC[C@H](c2cccc(N3CCN(C)CC3)c2)N(C(=O)OC(C)(C)C)C1. The number of likely N-dealkylation sites (N-methyl/N-ethyl adjacent to an activating group) is 1. The van der Waals surface area contributed by atoms with E-state index in [0.717, 1.165) is 45.6 Å². The molecule has 0 unspecified atom stereocenters. The fourth-order valence-electron chi connectivity index (χ4n) is 4.01. The smallest absolute Gasteiger partial charge is 0.410 e. The molecule has 1 aromatic carbocycles. The Morgan fingerprint density at radius 1 is 1.11 bits per heavy atom. The summed E-state index contributed by atoms with van der Waals surface area (Å²) in [7, 11) is 2.18. The molecular weight excluding hydrogens is 338 g/mol. The fraction of sp³-hybridized carbons (Fsp3) is 0.682. The Balaban J connectivity index is 1.80. The van der Waals surface area contributed by atoms with Gasteiger partial charge in [-0.25, -0.2) is 4.79 Å². The van der Waals surface area contributed by atoms with Crippen LogP contribution in [0.15, 0.2) is 24.3 Å². The van der Waals surface area contributed by atoms with Gasteiger partial charge >= 0.3 is 6.09 Å². The predicted octanol–water partition coefficient (Wildman–Crippen LogP) is 4.15. The van der Waals surface area contributed by atoms with E-state index in [2.05, 4.69) is 48.0 Å². The average Bonchev–Trinajstić information content (AvgIpc) is 2.61. The first-order valence-corrected chi connectivity index (χ1v) is 10.3. The van der Waals surface area contributed by atoms with Gasteiger partial charge in [0.05, 0.1) is 6.04 Å². The van der Waals surface area contributed by atoms with E-state index in [1.165, 1.54) is 11.3 Å². The number of carbonyl (C=O) groups is 1. The van der Waals surface area contributed by atoms with Crippen molar-refractivity contribution in [1.29, 1.82) is 0 Å². The van der Waals surface area contributed by atoms with Crippen molar-refractivity contribution >= 4 is 11.8 Å². The van der Waals surface area contributed by atoms with Gasteiger partial charge in [0, 0.05) is 38.4 Å². The maximum Gasteiger partial charge on any atom is 0.410 e. The molecule has 150 valence electrons. The molecule has 5 heteroatoms. The van der Waals surface area contributed by atoms with Crippen LogP contribution in [0.5, 0.6) is 0 Å². The van der Waals surface area contributed by atoms with Gasteiger partial charge in [0.2, 0.25) is 0 Å². The highest BCUT2D eigenvalue weighted by Crippen LogP contribution is 2.35. The van der Waals surface area contributed by atoms with Gasteiger partial charge in [0.1, 0.15) is 5.60 Å². The van der Waals surface area contributed by atoms with Crippen molar-refractivity contribution in [3.63, 3.8) is 0 Å². The van der Waals surface area contributed by atoms with Gasteiger partial charge < -0.3 is 19.4 Å². The minimum atomic E-state index is -0.468. The lowest BCUT2D eigenvalue weighted by Crippen LogP contribution is -2.45. The quantitative estimate of drug-likeness (QED) is 0.780. The molecule has 1 aromatic rings. The largest absolute Gasteiger partial charge is 0.444 e. The Morgan fingerprint density at radius 2 is 1.81 bits per heavy atom. The first kappa shape index (κ1) is 20.0. The molecule has 0 saturated carbocycles. The van der Waals surface area contributed by atoms with Crippen molar-refractivity contribution in [3.05, 3.63) is 29.8 Å². The molecule has 2 heterocycles. The summed E-state index contributed by atoms with van der Waals surface area (Å²) < 4.78 is 5.71. The van der Waals surface area contributed by atoms with Crippen LogP contribution in [0, 0.1) is 5.92 Å². The van der Waals surface area contributed by atoms with Gasteiger partial charge in [-0.3, -0.25) is 0 Å². The number of hydrogen-bond acceptors (Lipinski definition) is 4. The molecule has 0 bridgehead atoms. The molecule has 0 radical (unpaired) electrons. The van der Waals surface area contributed by atoms with Crippen molar-refractivity contribution in [2.45, 2.75) is 52.2 Å². The lowest BCUT2D eigenvalue weighted by molar-refractivity contribution is 0.00364. The van der Waals surface area contributed by atoms with Crippen LogP contribution in [0.1, 0.15) is 52.1 Å². The van der Waals surface area contributed by atoms with Crippen LogP contribution in [0.2, 0.25) is 0 Å². The number of anilines is 1. The van der Waals surface area contributed by atoms with E-state index in [0.29, 0.717) is 5.92 Å². The van der Waals surface area contributed by atoms with Crippen LogP contribution in [0.3, 0.4) is 0 Å². The summed E-state index contributed by atoms with van der Waals surface area (Å²) >= 11 is 0. The molecule has 2 aliphatic rings. The molecule has 0 aliphatic carbocycles. The number of hydrogen-bond donors (Lipinski definition) is 0. The number of likely N-dealkylation sites (tertiary alicyclic amines) is 1. The number of ether oxygens (including phenoxy) is 1. The van der Waals surface area contributed by atoms with Gasteiger partial charge in [0.15, 0.2) is 0 Å². The predicted molar refractivity (Wildman–Crippen MR) is 110 cm³/mol. The van der Waals surface area contributed by atoms with Crippen LogP contribution in [-0.4, -0.2) is 61.3 Å². The molecule has 2 atom stereocenters. The Morgan fingerprint density at radius 3 is 2.48 bits per heavy atom. The average molecular weight is 374 g/mol. The monoisotopic (exact) mass is 373 g/mol. The highest BCUT2D eigenvalue weighted by Gasteiger charge is 2.34. The van der Waals surface area contributed by atoms with Gasteiger partial charge in [-0.05, 0) is 64.3 Å². The second kappa shape index (κ2) is 8.09. The number of piperazine rings is 1. The normalized spacial score (nSPS) is 24.8. The topological polar surface area (TPSA) is 36.0 Å². The van der Waals surface area contributed by atoms with Crippen molar-refractivity contribution in [1.82, 2.24) is 9.80 Å². The molecule has 0 N–H and O–H groups in total. The Kier molecular flexibility index (Phi) is 5.99. The van der Waals surface area contributed by atoms with Crippen LogP contribution >= 0.6 is 0 Å². The minimum absolute atomic E-state index is 0.100. The molecule has 1 amide bonds. The summed E-state index contributed by atoms with van der Waals surface area (Å²) in [5.74, 6) is 0.509. The van der Waals surface area contributed by atoms with E-state index in [4.69, 9.17) is 4.74 Å². The molecule has 27 heavy (non-hydrogen) atoms. The standard InChI is InChI=1S/C22H35N3O2/c1-17-9-10-20(25(16-17)21(26)27-22(2,3)4)18-7-6-8-19(15-18)24-13-11-23(5)12-14-24/h6-8,15,17,20H,9-14,16H2,1-5H3/t17-,20+/m0/s1. The number of carbonyl (C=O) groups excluding carboxylic acids is 1. The lowest BCUT2D eigenvalue weighted by atomic mass is 9.90. The van der Waals surface area contributed by atoms with Crippen LogP contribution in [-0.2, 0) is 4.74 Å². The van der Waals surface area contributed by atoms with Gasteiger partial charge in [-0.2, -0.15) is 0 Å².